The fourth-order valence-electron chi connectivity index (χ4n) is 4.17. The maximum absolute atomic E-state index is 12.9. The number of pyridine rings is 1. The molecule has 2 heterocycles. The Hall–Kier alpha value is -2.89. The second-order valence-corrected chi connectivity index (χ2v) is 8.61. The number of carbonyl (C=O) groups is 2. The molecule has 1 aromatic heterocycles. The number of aryl methyl sites for hydroxylation is 1. The van der Waals surface area contributed by atoms with Gasteiger partial charge in [0.05, 0.1) is 5.56 Å². The van der Waals surface area contributed by atoms with Crippen LogP contribution < -0.4 is 10.6 Å². The van der Waals surface area contributed by atoms with Crippen LogP contribution in [0.25, 0.3) is 0 Å². The van der Waals surface area contributed by atoms with Crippen LogP contribution in [0.5, 0.6) is 0 Å². The zero-order chi connectivity index (χ0) is 20.7. The highest BCUT2D eigenvalue weighted by atomic mass is 16.2. The monoisotopic (exact) mass is 396 g/mol. The van der Waals surface area contributed by atoms with Crippen LogP contribution in [0, 0.1) is 24.7 Å². The van der Waals surface area contributed by atoms with Crippen molar-refractivity contribution in [2.75, 3.05) is 23.7 Å². The van der Waals surface area contributed by atoms with E-state index in [9.17, 15) is 9.59 Å². The van der Waals surface area contributed by atoms with Crippen molar-refractivity contribution in [1.82, 2.24) is 9.88 Å². The van der Waals surface area contributed by atoms with Crippen LogP contribution >= 0.6 is 0 Å². The first-order valence-electron chi connectivity index (χ1n) is 10.3. The van der Waals surface area contributed by atoms with E-state index in [2.05, 4.69) is 22.5 Å². The summed E-state index contributed by atoms with van der Waals surface area (Å²) < 4.78 is 0. The molecule has 0 radical (unpaired) electrons. The molecular formula is C23H32N4O2. The van der Waals surface area contributed by atoms with E-state index in [0.29, 0.717) is 28.7 Å². The van der Waals surface area contributed by atoms with Crippen molar-refractivity contribution in [2.45, 2.75) is 33.7 Å². The molecule has 0 bridgehead atoms. The summed E-state index contributed by atoms with van der Waals surface area (Å²) in [7, 11) is 0. The second-order valence-electron chi connectivity index (χ2n) is 8.61. The fourth-order valence-corrected chi connectivity index (χ4v) is 4.17. The van der Waals surface area contributed by atoms with Gasteiger partial charge in [0.1, 0.15) is 5.82 Å². The Balaban J connectivity index is 0.00000171. The molecule has 1 aliphatic heterocycles. The zero-order valence-electron chi connectivity index (χ0n) is 17.4. The van der Waals surface area contributed by atoms with Crippen molar-refractivity contribution in [2.24, 2.45) is 17.8 Å². The van der Waals surface area contributed by atoms with Crippen LogP contribution in [-0.4, -0.2) is 40.8 Å². The van der Waals surface area contributed by atoms with E-state index in [0.717, 1.165) is 30.4 Å². The van der Waals surface area contributed by atoms with Crippen molar-refractivity contribution >= 4 is 23.3 Å². The van der Waals surface area contributed by atoms with Crippen LogP contribution in [0.3, 0.4) is 0 Å². The van der Waals surface area contributed by atoms with Crippen LogP contribution in [0.4, 0.5) is 11.5 Å². The van der Waals surface area contributed by atoms with Crippen LogP contribution in [0.1, 0.15) is 49.9 Å². The van der Waals surface area contributed by atoms with E-state index in [4.69, 9.17) is 0 Å². The molecule has 1 saturated carbocycles. The molecule has 29 heavy (non-hydrogen) atoms. The quantitative estimate of drug-likeness (QED) is 0.790. The molecule has 6 heteroatoms. The van der Waals surface area contributed by atoms with Crippen molar-refractivity contribution in [3.8, 4) is 0 Å². The van der Waals surface area contributed by atoms with E-state index in [-0.39, 0.29) is 20.7 Å². The molecular weight excluding hydrogens is 364 g/mol. The summed E-state index contributed by atoms with van der Waals surface area (Å²) in [5, 5.41) is 6.13. The molecule has 2 N–H and O–H groups in total. The number of hydrogen-bond donors (Lipinski definition) is 2. The Bertz CT molecular complexity index is 937. The summed E-state index contributed by atoms with van der Waals surface area (Å²) in [6.07, 6.45) is 1.56. The molecule has 1 aliphatic carbocycles. The predicted molar refractivity (Wildman–Crippen MR) is 118 cm³/mol. The summed E-state index contributed by atoms with van der Waals surface area (Å²) in [6.45, 7) is 9.95. The van der Waals surface area contributed by atoms with Gasteiger partial charge in [0.15, 0.2) is 0 Å². The molecule has 2 amide bonds. The van der Waals surface area contributed by atoms with Gasteiger partial charge in [0.2, 0.25) is 0 Å². The number of likely N-dealkylation sites (tertiary alicyclic amines) is 1. The van der Waals surface area contributed by atoms with Gasteiger partial charge in [-0.3, -0.25) is 9.59 Å². The number of piperidine rings is 1. The molecule has 3 atom stereocenters. The van der Waals surface area contributed by atoms with Crippen molar-refractivity contribution in [1.29, 1.82) is 0 Å². The average molecular weight is 397 g/mol. The minimum Gasteiger partial charge on any atom is -0.368 e. The standard InChI is InChI=1S/C23H28N4O2.2H2/c1-13(2)25-21-8-7-17(10-24-21)22(28)26-20-9-16(6-5-14(20)3)23(29)27-11-18-15(4)19(18)12-27;;/h5-10,13,15,18-19H,11-12H2,1-4H3,(H,24,25)(H,26,28);2*1H/t15?,18-,19+;;. The first-order valence-corrected chi connectivity index (χ1v) is 10.3. The fraction of sp³-hybridized carbons (Fsp3) is 0.435. The van der Waals surface area contributed by atoms with Gasteiger partial charge in [-0.2, -0.15) is 0 Å². The number of nitrogens with one attached hydrogen (secondary N) is 2. The molecule has 4 rings (SSSR count). The Labute approximate surface area is 174 Å². The SMILES string of the molecule is Cc1ccc(C(=O)N2C[C@@H]3C(C)[C@@H]3C2)cc1NC(=O)c1ccc(NC(C)C)nc1.[HH].[HH]. The number of rotatable bonds is 5. The van der Waals surface area contributed by atoms with Crippen molar-refractivity contribution in [3.05, 3.63) is 53.2 Å². The van der Waals surface area contributed by atoms with E-state index < -0.39 is 0 Å². The number of fused-ring (bicyclic) bond motifs is 1. The summed E-state index contributed by atoms with van der Waals surface area (Å²) in [4.78, 5) is 31.7. The Morgan fingerprint density at radius 3 is 2.45 bits per heavy atom. The number of amides is 2. The van der Waals surface area contributed by atoms with Gasteiger partial charge in [0.25, 0.3) is 11.8 Å². The summed E-state index contributed by atoms with van der Waals surface area (Å²) in [6, 6.07) is 9.32. The molecule has 2 aromatic rings. The van der Waals surface area contributed by atoms with Gasteiger partial charge in [-0.25, -0.2) is 4.98 Å². The molecule has 2 fully saturated rings. The predicted octanol–water partition coefficient (Wildman–Crippen LogP) is 4.29. The number of anilines is 2. The molecule has 1 unspecified atom stereocenters. The van der Waals surface area contributed by atoms with Gasteiger partial charge >= 0.3 is 0 Å². The zero-order valence-corrected chi connectivity index (χ0v) is 17.4. The van der Waals surface area contributed by atoms with Crippen LogP contribution in [-0.2, 0) is 0 Å². The lowest BCUT2D eigenvalue weighted by atomic mass is 10.1. The van der Waals surface area contributed by atoms with Gasteiger partial charge in [0, 0.05) is 39.4 Å². The second kappa shape index (κ2) is 7.50. The lowest BCUT2D eigenvalue weighted by Crippen LogP contribution is -2.31. The molecule has 156 valence electrons. The molecule has 1 aromatic carbocycles. The maximum atomic E-state index is 12.9. The third-order valence-corrected chi connectivity index (χ3v) is 6.10. The average Bonchev–Trinajstić information content (AvgIpc) is 3.09. The lowest BCUT2D eigenvalue weighted by Gasteiger charge is -2.20. The highest BCUT2D eigenvalue weighted by molar-refractivity contribution is 6.05. The van der Waals surface area contributed by atoms with Gasteiger partial charge < -0.3 is 15.5 Å². The third kappa shape index (κ3) is 3.97. The smallest absolute Gasteiger partial charge is 0.257 e. The largest absolute Gasteiger partial charge is 0.368 e. The molecule has 2 aliphatic rings. The minimum atomic E-state index is -0.238. The highest BCUT2D eigenvalue weighted by Gasteiger charge is 2.53. The first kappa shape index (κ1) is 19.4. The first-order chi connectivity index (χ1) is 13.8. The molecule has 0 spiro atoms. The van der Waals surface area contributed by atoms with Crippen molar-refractivity contribution in [3.63, 3.8) is 0 Å². The van der Waals surface area contributed by atoms with E-state index in [1.807, 2.05) is 37.8 Å². The molecule has 6 nitrogen and oxygen atoms in total. The van der Waals surface area contributed by atoms with E-state index >= 15 is 0 Å². The highest BCUT2D eigenvalue weighted by Crippen LogP contribution is 2.51. The van der Waals surface area contributed by atoms with E-state index in [1.54, 1.807) is 24.4 Å². The Morgan fingerprint density at radius 1 is 1.14 bits per heavy atom. The summed E-state index contributed by atoms with van der Waals surface area (Å²) >= 11 is 0. The van der Waals surface area contributed by atoms with Gasteiger partial charge in [-0.1, -0.05) is 13.0 Å². The molecule has 1 saturated heterocycles. The number of benzene rings is 1. The van der Waals surface area contributed by atoms with Crippen LogP contribution in [0.2, 0.25) is 0 Å². The summed E-state index contributed by atoms with van der Waals surface area (Å²) in [5.41, 5.74) is 2.67. The summed E-state index contributed by atoms with van der Waals surface area (Å²) in [5.74, 6) is 2.64. The van der Waals surface area contributed by atoms with Crippen molar-refractivity contribution < 1.29 is 12.4 Å². The van der Waals surface area contributed by atoms with Gasteiger partial charge in [-0.15, -0.1) is 0 Å². The lowest BCUT2D eigenvalue weighted by molar-refractivity contribution is 0.0769. The van der Waals surface area contributed by atoms with Crippen LogP contribution in [0.15, 0.2) is 36.5 Å². The Kier molecular flexibility index (Phi) is 5.03. The topological polar surface area (TPSA) is 74.3 Å². The van der Waals surface area contributed by atoms with E-state index in [1.165, 1.54) is 0 Å². The number of carbonyl (C=O) groups excluding carboxylic acids is 2. The third-order valence-electron chi connectivity index (χ3n) is 6.10. The maximum Gasteiger partial charge on any atom is 0.257 e. The Morgan fingerprint density at radius 2 is 1.83 bits per heavy atom. The minimum absolute atomic E-state index is 0. The van der Waals surface area contributed by atoms with Gasteiger partial charge in [-0.05, 0) is 68.4 Å². The number of nitrogens with zero attached hydrogens (tertiary/aromatic N) is 2. The number of aromatic nitrogens is 1. The number of hydrogen-bond acceptors (Lipinski definition) is 4. The normalized spacial score (nSPS) is 22.4.